The van der Waals surface area contributed by atoms with Crippen LogP contribution < -0.4 is 5.32 Å². The third kappa shape index (κ3) is 4.69. The third-order valence-corrected chi connectivity index (χ3v) is 5.58. The van der Waals surface area contributed by atoms with Crippen LogP contribution in [0.4, 0.5) is 23.2 Å². The molecule has 31 heavy (non-hydrogen) atoms. The number of carbonyl (C=O) groups excluding carboxylic acids is 1. The number of carbonyl (C=O) groups is 1. The SMILES string of the molecule is O=C(Nc1ccc(F)cc1)C(Sc1nnc2ccc(C(F)(F)F)cn12)c1ccccc1. The molecule has 1 unspecified atom stereocenters. The minimum atomic E-state index is -4.53. The molecule has 0 saturated carbocycles. The molecule has 4 rings (SSSR count). The summed E-state index contributed by atoms with van der Waals surface area (Å²) in [4.78, 5) is 13.0. The van der Waals surface area contributed by atoms with E-state index in [-0.39, 0.29) is 10.8 Å². The largest absolute Gasteiger partial charge is 0.417 e. The van der Waals surface area contributed by atoms with E-state index >= 15 is 0 Å². The zero-order valence-corrected chi connectivity index (χ0v) is 16.5. The van der Waals surface area contributed by atoms with Crippen molar-refractivity contribution < 1.29 is 22.4 Å². The van der Waals surface area contributed by atoms with E-state index in [0.717, 1.165) is 24.0 Å². The second-order valence-electron chi connectivity index (χ2n) is 6.53. The normalized spacial score (nSPS) is 12.6. The summed E-state index contributed by atoms with van der Waals surface area (Å²) in [6, 6.07) is 16.1. The zero-order valence-electron chi connectivity index (χ0n) is 15.7. The fraction of sp³-hybridized carbons (Fsp3) is 0.0952. The summed E-state index contributed by atoms with van der Waals surface area (Å²) in [5.74, 6) is -0.881. The van der Waals surface area contributed by atoms with Crippen molar-refractivity contribution in [1.29, 1.82) is 0 Å². The molecule has 0 aliphatic heterocycles. The van der Waals surface area contributed by atoms with Gasteiger partial charge in [0.05, 0.1) is 5.56 Å². The van der Waals surface area contributed by atoms with Crippen molar-refractivity contribution in [3.63, 3.8) is 0 Å². The predicted molar refractivity (Wildman–Crippen MR) is 108 cm³/mol. The molecule has 4 aromatic rings. The number of aromatic nitrogens is 3. The number of thioether (sulfide) groups is 1. The molecule has 1 amide bonds. The first-order chi connectivity index (χ1) is 14.8. The van der Waals surface area contributed by atoms with Crippen molar-refractivity contribution in [2.45, 2.75) is 16.6 Å². The number of nitrogens with one attached hydrogen (secondary N) is 1. The number of amides is 1. The monoisotopic (exact) mass is 446 g/mol. The minimum absolute atomic E-state index is 0.129. The molecular weight excluding hydrogens is 432 g/mol. The van der Waals surface area contributed by atoms with Gasteiger partial charge in [-0.1, -0.05) is 42.1 Å². The van der Waals surface area contributed by atoms with Crippen LogP contribution in [-0.4, -0.2) is 20.5 Å². The van der Waals surface area contributed by atoms with Gasteiger partial charge >= 0.3 is 6.18 Å². The minimum Gasteiger partial charge on any atom is -0.325 e. The number of halogens is 4. The molecule has 2 heterocycles. The van der Waals surface area contributed by atoms with E-state index in [4.69, 9.17) is 0 Å². The number of fused-ring (bicyclic) bond motifs is 1. The van der Waals surface area contributed by atoms with Crippen LogP contribution in [0.1, 0.15) is 16.4 Å². The standard InChI is InChI=1S/C21H14F4N4OS/c22-15-7-9-16(10-8-15)26-19(30)18(13-4-2-1-3-5-13)31-20-28-27-17-11-6-14(12-29(17)20)21(23,24)25/h1-12,18H,(H,26,30). The van der Waals surface area contributed by atoms with Gasteiger partial charge in [-0.05, 0) is 42.0 Å². The van der Waals surface area contributed by atoms with Crippen LogP contribution in [0.3, 0.4) is 0 Å². The maximum atomic E-state index is 13.1. The molecule has 1 N–H and O–H groups in total. The molecule has 2 aromatic heterocycles. The molecule has 0 bridgehead atoms. The van der Waals surface area contributed by atoms with Crippen LogP contribution in [-0.2, 0) is 11.0 Å². The first kappa shape index (κ1) is 20.9. The van der Waals surface area contributed by atoms with Crippen molar-refractivity contribution in [2.75, 3.05) is 5.32 Å². The number of pyridine rings is 1. The highest BCUT2D eigenvalue weighted by atomic mass is 32.2. The van der Waals surface area contributed by atoms with Gasteiger partial charge < -0.3 is 5.32 Å². The summed E-state index contributed by atoms with van der Waals surface area (Å²) in [6.07, 6.45) is -3.63. The number of hydrogen-bond acceptors (Lipinski definition) is 4. The van der Waals surface area contributed by atoms with Crippen LogP contribution in [0.25, 0.3) is 5.65 Å². The lowest BCUT2D eigenvalue weighted by Crippen LogP contribution is -2.19. The average molecular weight is 446 g/mol. The Morgan fingerprint density at radius 2 is 1.68 bits per heavy atom. The van der Waals surface area contributed by atoms with Gasteiger partial charge in [0.1, 0.15) is 11.1 Å². The summed E-state index contributed by atoms with van der Waals surface area (Å²) < 4.78 is 53.7. The highest BCUT2D eigenvalue weighted by Crippen LogP contribution is 2.36. The molecule has 0 spiro atoms. The van der Waals surface area contributed by atoms with Crippen LogP contribution >= 0.6 is 11.8 Å². The van der Waals surface area contributed by atoms with Crippen molar-refractivity contribution in [2.24, 2.45) is 0 Å². The van der Waals surface area contributed by atoms with E-state index in [0.29, 0.717) is 11.3 Å². The zero-order chi connectivity index (χ0) is 22.0. The van der Waals surface area contributed by atoms with Gasteiger partial charge in [0.2, 0.25) is 5.91 Å². The van der Waals surface area contributed by atoms with E-state index in [9.17, 15) is 22.4 Å². The van der Waals surface area contributed by atoms with Gasteiger partial charge in [0, 0.05) is 11.9 Å². The predicted octanol–water partition coefficient (Wildman–Crippen LogP) is 5.36. The van der Waals surface area contributed by atoms with Gasteiger partial charge in [-0.3, -0.25) is 9.20 Å². The first-order valence-electron chi connectivity index (χ1n) is 9.01. The lowest BCUT2D eigenvalue weighted by Gasteiger charge is -2.16. The quantitative estimate of drug-likeness (QED) is 0.331. The smallest absolute Gasteiger partial charge is 0.325 e. The van der Waals surface area contributed by atoms with E-state index < -0.39 is 28.7 Å². The fourth-order valence-corrected chi connectivity index (χ4v) is 3.88. The Labute approximate surface area is 178 Å². The number of rotatable bonds is 5. The Kier molecular flexibility index (Phi) is 5.64. The van der Waals surface area contributed by atoms with Gasteiger partial charge in [-0.25, -0.2) is 4.39 Å². The molecule has 0 saturated heterocycles. The van der Waals surface area contributed by atoms with Crippen LogP contribution in [0.5, 0.6) is 0 Å². The second kappa shape index (κ2) is 8.38. The summed E-state index contributed by atoms with van der Waals surface area (Å²) in [7, 11) is 0. The van der Waals surface area contributed by atoms with Crippen molar-refractivity contribution >= 4 is 29.0 Å². The number of hydrogen-bond donors (Lipinski definition) is 1. The number of nitrogens with zero attached hydrogens (tertiary/aromatic N) is 3. The molecule has 0 aliphatic carbocycles. The number of anilines is 1. The number of benzene rings is 2. The Morgan fingerprint density at radius 3 is 2.35 bits per heavy atom. The van der Waals surface area contributed by atoms with Crippen LogP contribution in [0.2, 0.25) is 0 Å². The summed E-state index contributed by atoms with van der Waals surface area (Å²) >= 11 is 0.964. The Hall–Kier alpha value is -3.40. The van der Waals surface area contributed by atoms with Crippen molar-refractivity contribution in [3.05, 3.63) is 89.9 Å². The summed E-state index contributed by atoms with van der Waals surface area (Å²) in [6.45, 7) is 0. The Bertz CT molecular complexity index is 1210. The third-order valence-electron chi connectivity index (χ3n) is 4.37. The maximum Gasteiger partial charge on any atom is 0.417 e. The topological polar surface area (TPSA) is 59.3 Å². The van der Waals surface area contributed by atoms with Gasteiger partial charge in [-0.2, -0.15) is 13.2 Å². The van der Waals surface area contributed by atoms with Gasteiger partial charge in [-0.15, -0.1) is 10.2 Å². The molecule has 10 heteroatoms. The van der Waals surface area contributed by atoms with Gasteiger partial charge in [0.15, 0.2) is 10.8 Å². The molecule has 0 radical (unpaired) electrons. The molecule has 2 aromatic carbocycles. The van der Waals surface area contributed by atoms with Crippen molar-refractivity contribution in [1.82, 2.24) is 14.6 Å². The van der Waals surface area contributed by atoms with E-state index in [1.54, 1.807) is 30.3 Å². The molecule has 158 valence electrons. The Balaban J connectivity index is 1.68. The lowest BCUT2D eigenvalue weighted by molar-refractivity contribution is -0.137. The summed E-state index contributed by atoms with van der Waals surface area (Å²) in [5.41, 5.74) is 0.379. The van der Waals surface area contributed by atoms with E-state index in [1.165, 1.54) is 34.7 Å². The average Bonchev–Trinajstić information content (AvgIpc) is 3.15. The lowest BCUT2D eigenvalue weighted by atomic mass is 10.1. The highest BCUT2D eigenvalue weighted by Gasteiger charge is 2.32. The van der Waals surface area contributed by atoms with Gasteiger partial charge in [0.25, 0.3) is 0 Å². The highest BCUT2D eigenvalue weighted by molar-refractivity contribution is 8.00. The maximum absolute atomic E-state index is 13.1. The first-order valence-corrected chi connectivity index (χ1v) is 9.89. The molecule has 1 atom stereocenters. The van der Waals surface area contributed by atoms with E-state index in [2.05, 4.69) is 15.5 Å². The molecule has 5 nitrogen and oxygen atoms in total. The fourth-order valence-electron chi connectivity index (χ4n) is 2.87. The van der Waals surface area contributed by atoms with Crippen LogP contribution in [0.15, 0.2) is 78.1 Å². The summed E-state index contributed by atoms with van der Waals surface area (Å²) in [5, 5.41) is 9.85. The van der Waals surface area contributed by atoms with Crippen molar-refractivity contribution in [3.8, 4) is 0 Å². The number of alkyl halides is 3. The molecular formula is C21H14F4N4OS. The van der Waals surface area contributed by atoms with Crippen LogP contribution in [0, 0.1) is 5.82 Å². The molecule has 0 fully saturated rings. The second-order valence-corrected chi connectivity index (χ2v) is 7.60. The molecule has 0 aliphatic rings. The van der Waals surface area contributed by atoms with E-state index in [1.807, 2.05) is 0 Å². The Morgan fingerprint density at radius 1 is 0.968 bits per heavy atom.